The van der Waals surface area contributed by atoms with Crippen molar-refractivity contribution in [2.45, 2.75) is 0 Å². The highest BCUT2D eigenvalue weighted by Crippen LogP contribution is 2.15. The van der Waals surface area contributed by atoms with Gasteiger partial charge in [0, 0.05) is 23.8 Å². The minimum Gasteiger partial charge on any atom is -0.492 e. The maximum Gasteiger partial charge on any atom is 0.191 e. The minimum absolute atomic E-state index is 0.602. The maximum absolute atomic E-state index is 5.61. The van der Waals surface area contributed by atoms with Crippen LogP contribution in [0.1, 0.15) is 0 Å². The van der Waals surface area contributed by atoms with Crippen LogP contribution in [0.5, 0.6) is 5.75 Å². The molecule has 106 valence electrons. The molecule has 0 radical (unpaired) electrons. The average Bonchev–Trinajstić information content (AvgIpc) is 2.43. The summed E-state index contributed by atoms with van der Waals surface area (Å²) in [6.45, 7) is 2.23. The summed E-state index contributed by atoms with van der Waals surface area (Å²) in [5.41, 5.74) is 0. The van der Waals surface area contributed by atoms with E-state index in [2.05, 4.69) is 37.8 Å². The monoisotopic (exact) mass is 345 g/mol. The van der Waals surface area contributed by atoms with Gasteiger partial charge in [0.15, 0.2) is 5.96 Å². The van der Waals surface area contributed by atoms with Gasteiger partial charge in [0.1, 0.15) is 12.4 Å². The van der Waals surface area contributed by atoms with E-state index in [1.807, 2.05) is 36.0 Å². The van der Waals surface area contributed by atoms with E-state index in [4.69, 9.17) is 4.74 Å². The molecule has 0 aliphatic carbocycles. The normalized spacial score (nSPS) is 11.2. The second kappa shape index (κ2) is 9.97. The van der Waals surface area contributed by atoms with E-state index in [1.54, 1.807) is 7.05 Å². The van der Waals surface area contributed by atoms with Crippen molar-refractivity contribution in [3.63, 3.8) is 0 Å². The number of ether oxygens (including phenoxy) is 1. The molecule has 6 heteroatoms. The number of nitrogens with zero attached hydrogens (tertiary/aromatic N) is 1. The van der Waals surface area contributed by atoms with Crippen LogP contribution in [0.3, 0.4) is 0 Å². The molecule has 1 rings (SSSR count). The highest BCUT2D eigenvalue weighted by atomic mass is 79.9. The SMILES string of the molecule is CN=C(NCCOc1ccc(Br)cc1)NCCSC. The Hall–Kier alpha value is -0.880. The summed E-state index contributed by atoms with van der Waals surface area (Å²) in [5.74, 6) is 2.75. The van der Waals surface area contributed by atoms with Crippen LogP contribution in [0.15, 0.2) is 33.7 Å². The molecule has 0 atom stereocenters. The molecule has 0 fully saturated rings. The predicted octanol–water partition coefficient (Wildman–Crippen LogP) is 2.36. The van der Waals surface area contributed by atoms with E-state index in [-0.39, 0.29) is 0 Å². The van der Waals surface area contributed by atoms with E-state index in [9.17, 15) is 0 Å². The van der Waals surface area contributed by atoms with Gasteiger partial charge in [-0.2, -0.15) is 11.8 Å². The van der Waals surface area contributed by atoms with Gasteiger partial charge in [-0.25, -0.2) is 0 Å². The minimum atomic E-state index is 0.602. The standard InChI is InChI=1S/C13H20BrN3OS/c1-15-13(17-8-10-19-2)16-7-9-18-12-5-3-11(14)4-6-12/h3-6H,7-10H2,1-2H3,(H2,15,16,17). The van der Waals surface area contributed by atoms with Gasteiger partial charge >= 0.3 is 0 Å². The Kier molecular flexibility index (Phi) is 8.49. The van der Waals surface area contributed by atoms with Crippen molar-refractivity contribution in [3.8, 4) is 5.75 Å². The Morgan fingerprint density at radius 3 is 2.58 bits per heavy atom. The second-order valence-electron chi connectivity index (χ2n) is 3.72. The average molecular weight is 346 g/mol. The Bertz CT molecular complexity index is 384. The van der Waals surface area contributed by atoms with E-state index in [1.165, 1.54) is 0 Å². The number of guanidine groups is 1. The molecular formula is C13H20BrN3OS. The van der Waals surface area contributed by atoms with Crippen molar-refractivity contribution in [2.75, 3.05) is 38.8 Å². The first-order valence-corrected chi connectivity index (χ1v) is 8.26. The molecule has 0 aliphatic heterocycles. The molecule has 0 spiro atoms. The highest BCUT2D eigenvalue weighted by Gasteiger charge is 1.97. The molecular weight excluding hydrogens is 326 g/mol. The Balaban J connectivity index is 2.16. The third-order valence-corrected chi connectivity index (χ3v) is 3.44. The van der Waals surface area contributed by atoms with Crippen molar-refractivity contribution in [3.05, 3.63) is 28.7 Å². The van der Waals surface area contributed by atoms with E-state index < -0.39 is 0 Å². The van der Waals surface area contributed by atoms with Crippen molar-refractivity contribution >= 4 is 33.7 Å². The Morgan fingerprint density at radius 1 is 1.26 bits per heavy atom. The van der Waals surface area contributed by atoms with E-state index >= 15 is 0 Å². The van der Waals surface area contributed by atoms with E-state index in [0.717, 1.165) is 35.0 Å². The molecule has 0 bridgehead atoms. The molecule has 0 aliphatic rings. The summed E-state index contributed by atoms with van der Waals surface area (Å²) >= 11 is 5.20. The number of nitrogens with one attached hydrogen (secondary N) is 2. The predicted molar refractivity (Wildman–Crippen MR) is 87.4 cm³/mol. The Morgan fingerprint density at radius 2 is 1.95 bits per heavy atom. The lowest BCUT2D eigenvalue weighted by Gasteiger charge is -2.12. The molecule has 0 heterocycles. The first kappa shape index (κ1) is 16.2. The van der Waals surface area contributed by atoms with Gasteiger partial charge in [-0.15, -0.1) is 0 Å². The molecule has 0 saturated carbocycles. The summed E-state index contributed by atoms with van der Waals surface area (Å²) in [6.07, 6.45) is 2.09. The smallest absolute Gasteiger partial charge is 0.191 e. The fourth-order valence-electron chi connectivity index (χ4n) is 1.36. The quantitative estimate of drug-likeness (QED) is 0.452. The summed E-state index contributed by atoms with van der Waals surface area (Å²) in [4.78, 5) is 4.14. The van der Waals surface area contributed by atoms with Crippen LogP contribution in [-0.2, 0) is 0 Å². The van der Waals surface area contributed by atoms with Crippen molar-refractivity contribution in [1.29, 1.82) is 0 Å². The third kappa shape index (κ3) is 7.32. The molecule has 1 aromatic rings. The lowest BCUT2D eigenvalue weighted by molar-refractivity contribution is 0.322. The van der Waals surface area contributed by atoms with Gasteiger partial charge < -0.3 is 15.4 Å². The molecule has 0 unspecified atom stereocenters. The number of hydrogen-bond acceptors (Lipinski definition) is 3. The zero-order valence-corrected chi connectivity index (χ0v) is 13.7. The zero-order chi connectivity index (χ0) is 13.9. The topological polar surface area (TPSA) is 45.7 Å². The van der Waals surface area contributed by atoms with Crippen LogP contribution >= 0.6 is 27.7 Å². The lowest BCUT2D eigenvalue weighted by atomic mass is 10.3. The van der Waals surface area contributed by atoms with Crippen LogP contribution < -0.4 is 15.4 Å². The van der Waals surface area contributed by atoms with E-state index in [0.29, 0.717) is 6.61 Å². The number of rotatable bonds is 7. The molecule has 0 saturated heterocycles. The second-order valence-corrected chi connectivity index (χ2v) is 5.62. The van der Waals surface area contributed by atoms with Gasteiger partial charge in [-0.05, 0) is 30.5 Å². The lowest BCUT2D eigenvalue weighted by Crippen LogP contribution is -2.40. The highest BCUT2D eigenvalue weighted by molar-refractivity contribution is 9.10. The van der Waals surface area contributed by atoms with Crippen LogP contribution in [0.4, 0.5) is 0 Å². The van der Waals surface area contributed by atoms with Gasteiger partial charge in [0.2, 0.25) is 0 Å². The fourth-order valence-corrected chi connectivity index (χ4v) is 1.93. The Labute approximate surface area is 127 Å². The van der Waals surface area contributed by atoms with Gasteiger partial charge in [0.05, 0.1) is 6.54 Å². The van der Waals surface area contributed by atoms with Crippen LogP contribution in [-0.4, -0.2) is 44.7 Å². The van der Waals surface area contributed by atoms with Crippen molar-refractivity contribution in [1.82, 2.24) is 10.6 Å². The number of halogens is 1. The number of aliphatic imine (C=N–C) groups is 1. The molecule has 1 aromatic carbocycles. The summed E-state index contributed by atoms with van der Waals surface area (Å²) in [6, 6.07) is 7.81. The number of thioether (sulfide) groups is 1. The number of benzene rings is 1. The largest absolute Gasteiger partial charge is 0.492 e. The molecule has 0 aromatic heterocycles. The first-order valence-electron chi connectivity index (χ1n) is 6.08. The third-order valence-electron chi connectivity index (χ3n) is 2.30. The van der Waals surface area contributed by atoms with Crippen molar-refractivity contribution < 1.29 is 4.74 Å². The summed E-state index contributed by atoms with van der Waals surface area (Å²) < 4.78 is 6.66. The summed E-state index contributed by atoms with van der Waals surface area (Å²) in [5, 5.41) is 6.44. The molecule has 0 amide bonds. The first-order chi connectivity index (χ1) is 9.26. The summed E-state index contributed by atoms with van der Waals surface area (Å²) in [7, 11) is 1.77. The van der Waals surface area contributed by atoms with Gasteiger partial charge in [0.25, 0.3) is 0 Å². The van der Waals surface area contributed by atoms with Gasteiger partial charge in [-0.3, -0.25) is 4.99 Å². The van der Waals surface area contributed by atoms with Crippen LogP contribution in [0.2, 0.25) is 0 Å². The molecule has 4 nitrogen and oxygen atoms in total. The molecule has 19 heavy (non-hydrogen) atoms. The van der Waals surface area contributed by atoms with Crippen LogP contribution in [0.25, 0.3) is 0 Å². The fraction of sp³-hybridized carbons (Fsp3) is 0.462. The van der Waals surface area contributed by atoms with Crippen molar-refractivity contribution in [2.24, 2.45) is 4.99 Å². The van der Waals surface area contributed by atoms with Crippen LogP contribution in [0, 0.1) is 0 Å². The molecule has 2 N–H and O–H groups in total. The van der Waals surface area contributed by atoms with Gasteiger partial charge in [-0.1, -0.05) is 15.9 Å². The number of hydrogen-bond donors (Lipinski definition) is 2. The zero-order valence-electron chi connectivity index (χ0n) is 11.3. The maximum atomic E-state index is 5.61.